The molecule has 1 spiro atoms. The van der Waals surface area contributed by atoms with E-state index >= 15 is 0 Å². The highest BCUT2D eigenvalue weighted by Gasteiger charge is 2.54. The largest absolute Gasteiger partial charge is 0.464 e. The molecule has 0 radical (unpaired) electrons. The lowest BCUT2D eigenvalue weighted by Crippen LogP contribution is -2.62. The summed E-state index contributed by atoms with van der Waals surface area (Å²) in [6.45, 7) is 13.1. The van der Waals surface area contributed by atoms with E-state index < -0.39 is 40.8 Å². The molecule has 4 aliphatic heterocycles. The maximum atomic E-state index is 14.8. The molecule has 2 unspecified atom stereocenters. The monoisotopic (exact) mass is 897 g/mol. The number of fused-ring (bicyclic) bond motifs is 6. The van der Waals surface area contributed by atoms with Gasteiger partial charge in [0.2, 0.25) is 11.8 Å². The van der Waals surface area contributed by atoms with E-state index in [0.29, 0.717) is 51.7 Å². The first-order valence-corrected chi connectivity index (χ1v) is 23.3. The van der Waals surface area contributed by atoms with E-state index in [2.05, 4.69) is 84.4 Å². The van der Waals surface area contributed by atoms with Crippen molar-refractivity contribution in [1.29, 1.82) is 0 Å². The van der Waals surface area contributed by atoms with E-state index in [4.69, 9.17) is 14.5 Å². The predicted molar refractivity (Wildman–Crippen MR) is 251 cm³/mol. The summed E-state index contributed by atoms with van der Waals surface area (Å²) < 4.78 is 14.1. The van der Waals surface area contributed by atoms with E-state index in [1.807, 2.05) is 39.0 Å². The van der Waals surface area contributed by atoms with Gasteiger partial charge in [-0.15, -0.1) is 0 Å². The minimum Gasteiger partial charge on any atom is -0.464 e. The highest BCUT2D eigenvalue weighted by molar-refractivity contribution is 5.98. The van der Waals surface area contributed by atoms with E-state index in [1.165, 1.54) is 5.01 Å². The minimum atomic E-state index is -1.04. The molecular weight excluding hydrogens is 835 g/mol. The van der Waals surface area contributed by atoms with E-state index in [9.17, 15) is 24.0 Å². The van der Waals surface area contributed by atoms with E-state index in [-0.39, 0.29) is 49.3 Å². The minimum absolute atomic E-state index is 0.136. The third kappa shape index (κ3) is 8.95. The fourth-order valence-electron chi connectivity index (χ4n) is 10.6. The quantitative estimate of drug-likeness (QED) is 0.174. The summed E-state index contributed by atoms with van der Waals surface area (Å²) in [5, 5.41) is 5.62. The third-order valence-corrected chi connectivity index (χ3v) is 14.1. The van der Waals surface area contributed by atoms with Crippen LogP contribution in [0, 0.1) is 28.6 Å². The van der Waals surface area contributed by atoms with Gasteiger partial charge in [-0.2, -0.15) is 0 Å². The van der Waals surface area contributed by atoms with Crippen LogP contribution < -0.4 is 10.7 Å². The Kier molecular flexibility index (Phi) is 13.2. The summed E-state index contributed by atoms with van der Waals surface area (Å²) in [6.07, 6.45) is 4.32. The second kappa shape index (κ2) is 18.7. The van der Waals surface area contributed by atoms with Crippen LogP contribution >= 0.6 is 0 Å². The number of aryl methyl sites for hydroxylation is 1. The standard InChI is InChI=1S/C52H63N7O7/c1-9-13-43(60)57-24-20-52(30-57)21-25-58(50(52)64)45(32(2)3)47(61)54-41-27-34-14-10-15-35(26-34)36-18-19-42-38(28-36)39(46(56(42)7)37-16-11-22-53-44(37)33(4)65-8)29-51(5,6)31-66-49(63)40-17-12-23-59(55-40)48(41)62/h10-11,14-16,18-19,22,26,28,32-33,40-41,45,55H,12,17,20-21,23-25,27,29-31H2,1-8H3,(H,54,61)/t33-,40-,41-,45?,52?/m0/s1. The van der Waals surface area contributed by atoms with Crippen LogP contribution in [-0.2, 0) is 53.3 Å². The maximum Gasteiger partial charge on any atom is 0.324 e. The SMILES string of the molecule is CC#CC(=O)N1CCC2(CCN(C(C(=O)N[C@H]3Cc4cccc(c4)-c4ccc5c(c4)c(c(-c4cccnc4[C@H](C)OC)n5C)CC(C)(C)COC(=O)[C@@H]4CCCN(N4)C3=O)C(C)C)C2=O)C1. The van der Waals surface area contributed by atoms with Crippen molar-refractivity contribution in [3.8, 4) is 34.2 Å². The van der Waals surface area contributed by atoms with Crippen LogP contribution in [0.25, 0.3) is 33.3 Å². The number of carbonyl (C=O) groups is 5. The number of hydrogen-bond donors (Lipinski definition) is 2. The molecule has 4 amide bonds. The van der Waals surface area contributed by atoms with Gasteiger partial charge in [-0.05, 0) is 104 Å². The normalized spacial score (nSPS) is 23.1. The number of rotatable bonds is 7. The van der Waals surface area contributed by atoms with E-state index in [0.717, 1.165) is 50.1 Å². The number of aromatic nitrogens is 2. The summed E-state index contributed by atoms with van der Waals surface area (Å²) >= 11 is 0. The summed E-state index contributed by atoms with van der Waals surface area (Å²) in [4.78, 5) is 78.4. The first-order valence-electron chi connectivity index (χ1n) is 23.3. The van der Waals surface area contributed by atoms with Gasteiger partial charge in [0, 0.05) is 74.8 Å². The number of methoxy groups -OCH3 is 1. The highest BCUT2D eigenvalue weighted by atomic mass is 16.5. The molecule has 14 nitrogen and oxygen atoms in total. The Bertz CT molecular complexity index is 2630. The van der Waals surface area contributed by atoms with Crippen molar-refractivity contribution in [1.82, 2.24) is 35.1 Å². The second-order valence-electron chi connectivity index (χ2n) is 19.7. The van der Waals surface area contributed by atoms with Crippen LogP contribution in [0.2, 0.25) is 0 Å². The van der Waals surface area contributed by atoms with Crippen molar-refractivity contribution in [3.63, 3.8) is 0 Å². The van der Waals surface area contributed by atoms with Crippen molar-refractivity contribution in [2.45, 2.75) is 104 Å². The molecule has 66 heavy (non-hydrogen) atoms. The zero-order valence-electron chi connectivity index (χ0n) is 39.5. The smallest absolute Gasteiger partial charge is 0.324 e. The summed E-state index contributed by atoms with van der Waals surface area (Å²) in [5.41, 5.74) is 9.60. The van der Waals surface area contributed by atoms with Crippen LogP contribution in [0.5, 0.6) is 0 Å². The Hall–Kier alpha value is -6.04. The number of benzene rings is 2. The summed E-state index contributed by atoms with van der Waals surface area (Å²) in [7, 11) is 3.75. The molecule has 2 aromatic heterocycles. The molecule has 6 heterocycles. The molecule has 3 fully saturated rings. The van der Waals surface area contributed by atoms with Gasteiger partial charge in [0.25, 0.3) is 11.8 Å². The molecule has 2 N–H and O–H groups in total. The molecular formula is C52H63N7O7. The number of hydrogen-bond acceptors (Lipinski definition) is 9. The number of pyridine rings is 1. The van der Waals surface area contributed by atoms with Gasteiger partial charge >= 0.3 is 5.97 Å². The predicted octanol–water partition coefficient (Wildman–Crippen LogP) is 5.76. The number of nitrogens with one attached hydrogen (secondary N) is 2. The number of likely N-dealkylation sites (tertiary alicyclic amines) is 2. The van der Waals surface area contributed by atoms with Crippen molar-refractivity contribution in [2.24, 2.45) is 23.8 Å². The Morgan fingerprint density at radius 2 is 1.77 bits per heavy atom. The zero-order valence-corrected chi connectivity index (χ0v) is 39.5. The molecule has 4 aliphatic rings. The fraction of sp³-hybridized carbons (Fsp3) is 0.500. The van der Waals surface area contributed by atoms with Gasteiger partial charge in [-0.3, -0.25) is 34.0 Å². The Morgan fingerprint density at radius 3 is 2.53 bits per heavy atom. The summed E-state index contributed by atoms with van der Waals surface area (Å²) in [5.74, 6) is 3.24. The maximum absolute atomic E-state index is 14.8. The lowest BCUT2D eigenvalue weighted by atomic mass is 9.84. The molecule has 0 saturated carbocycles. The zero-order chi connectivity index (χ0) is 47.1. The van der Waals surface area contributed by atoms with Gasteiger partial charge in [0.15, 0.2) is 0 Å². The highest BCUT2D eigenvalue weighted by Crippen LogP contribution is 2.43. The topological polar surface area (TPSA) is 155 Å². The van der Waals surface area contributed by atoms with Crippen LogP contribution in [0.3, 0.4) is 0 Å². The molecule has 8 rings (SSSR count). The molecule has 14 heteroatoms. The number of carbonyl (C=O) groups excluding carboxylic acids is 5. The first kappa shape index (κ1) is 46.5. The first-order chi connectivity index (χ1) is 31.5. The third-order valence-electron chi connectivity index (χ3n) is 14.1. The Labute approximate surface area is 387 Å². The lowest BCUT2D eigenvalue weighted by Gasteiger charge is -2.37. The second-order valence-corrected chi connectivity index (χ2v) is 19.7. The number of cyclic esters (lactones) is 1. The van der Waals surface area contributed by atoms with Gasteiger partial charge in [-0.1, -0.05) is 63.9 Å². The van der Waals surface area contributed by atoms with Crippen LogP contribution in [0.15, 0.2) is 60.8 Å². The fourth-order valence-corrected chi connectivity index (χ4v) is 10.6. The van der Waals surface area contributed by atoms with Crippen molar-refractivity contribution >= 4 is 40.5 Å². The molecule has 6 bridgehead atoms. The van der Waals surface area contributed by atoms with Crippen LogP contribution in [-0.4, -0.2) is 112 Å². The van der Waals surface area contributed by atoms with Crippen LogP contribution in [0.1, 0.15) is 90.2 Å². The van der Waals surface area contributed by atoms with Crippen molar-refractivity contribution in [3.05, 3.63) is 77.6 Å². The number of amides is 4. The average Bonchev–Trinajstić information content (AvgIpc) is 3.97. The Balaban J connectivity index is 1.16. The Morgan fingerprint density at radius 1 is 1.00 bits per heavy atom. The molecule has 4 aromatic rings. The average molecular weight is 898 g/mol. The number of nitrogens with zero attached hydrogens (tertiary/aromatic N) is 5. The molecule has 3 saturated heterocycles. The number of esters is 1. The molecule has 5 atom stereocenters. The van der Waals surface area contributed by atoms with Gasteiger partial charge in [0.05, 0.1) is 29.5 Å². The van der Waals surface area contributed by atoms with Gasteiger partial charge in [-0.25, -0.2) is 5.43 Å². The summed E-state index contributed by atoms with van der Waals surface area (Å²) in [6, 6.07) is 15.8. The lowest BCUT2D eigenvalue weighted by molar-refractivity contribution is -0.155. The van der Waals surface area contributed by atoms with Crippen LogP contribution in [0.4, 0.5) is 0 Å². The van der Waals surface area contributed by atoms with Gasteiger partial charge in [0.1, 0.15) is 18.1 Å². The molecule has 0 aliphatic carbocycles. The number of ether oxygens (including phenoxy) is 2. The molecule has 348 valence electrons. The van der Waals surface area contributed by atoms with E-state index in [1.54, 1.807) is 30.0 Å². The van der Waals surface area contributed by atoms with Crippen molar-refractivity contribution in [2.75, 3.05) is 39.9 Å². The number of hydrazine groups is 1. The van der Waals surface area contributed by atoms with Crippen molar-refractivity contribution < 1.29 is 33.4 Å². The van der Waals surface area contributed by atoms with Gasteiger partial charge < -0.3 is 29.2 Å². The molecule has 2 aromatic carbocycles.